The van der Waals surface area contributed by atoms with Crippen molar-refractivity contribution >= 4 is 108 Å². The molecule has 0 bridgehead atoms. The van der Waals surface area contributed by atoms with Crippen LogP contribution in [0.15, 0.2) is 364 Å². The predicted molar refractivity (Wildman–Crippen MR) is 465 cm³/mol. The number of hydroxylamine groups is 3. The molecule has 12 aromatic rings. The Hall–Kier alpha value is -11.8. The number of nitrogens with one attached hydrogen (secondary N) is 3. The zero-order valence-electron chi connectivity index (χ0n) is 62.7. The van der Waals surface area contributed by atoms with Gasteiger partial charge < -0.3 is 15.3 Å². The number of sulfone groups is 2. The van der Waals surface area contributed by atoms with Crippen molar-refractivity contribution in [3.8, 4) is 0 Å². The fourth-order valence-corrected chi connectivity index (χ4v) is 15.7. The lowest BCUT2D eigenvalue weighted by atomic mass is 10.1. The molecule has 117 heavy (non-hydrogen) atoms. The third-order valence-electron chi connectivity index (χ3n) is 16.4. The lowest BCUT2D eigenvalue weighted by Gasteiger charge is -2.05. The molecule has 0 fully saturated rings. The van der Waals surface area contributed by atoms with Gasteiger partial charge in [0.05, 0.1) is 48.8 Å². The number of amides is 3. The first-order valence-electron chi connectivity index (χ1n) is 35.7. The van der Waals surface area contributed by atoms with Crippen LogP contribution in [0.25, 0.3) is 6.08 Å². The van der Waals surface area contributed by atoms with Crippen molar-refractivity contribution < 1.29 is 80.8 Å². The van der Waals surface area contributed by atoms with E-state index in [0.29, 0.717) is 62.6 Å². The average molecular weight is 1690 g/mol. The van der Waals surface area contributed by atoms with Gasteiger partial charge in [-0.3, -0.25) is 34.2 Å². The van der Waals surface area contributed by atoms with Crippen LogP contribution in [0, 0.1) is 0 Å². The van der Waals surface area contributed by atoms with Crippen molar-refractivity contribution in [1.82, 2.24) is 16.4 Å². The number of thiol groups is 1. The van der Waals surface area contributed by atoms with Gasteiger partial charge in [-0.05, 0) is 211 Å². The Kier molecular flexibility index (Phi) is 43.1. The topological polar surface area (TPSA) is 345 Å². The molecule has 0 aromatic heterocycles. The molecule has 9 N–H and O–H groups in total. The van der Waals surface area contributed by atoms with Gasteiger partial charge in [-0.15, -0.1) is 36.2 Å². The number of carbonyl (C=O) groups is 6. The molecule has 12 rings (SSSR count). The predicted octanol–water partition coefficient (Wildman–Crippen LogP) is 17.9. The second-order valence-corrected chi connectivity index (χ2v) is 33.2. The third-order valence-corrected chi connectivity index (χ3v) is 23.6. The van der Waals surface area contributed by atoms with E-state index in [4.69, 9.17) is 30.9 Å². The third kappa shape index (κ3) is 36.3. The number of carbonyl (C=O) groups excluding carboxylic acids is 3. The molecule has 1 unspecified atom stereocenters. The van der Waals surface area contributed by atoms with Crippen LogP contribution in [-0.2, 0) is 62.6 Å². The molecule has 12 aromatic carbocycles. The minimum Gasteiger partial charge on any atom is -0.478 e. The largest absolute Gasteiger partial charge is 0.478 e. The number of thioether (sulfide) groups is 2. The quantitative estimate of drug-likeness (QED) is 0.00989. The molecule has 0 saturated heterocycles. The second kappa shape index (κ2) is 52.6. The van der Waals surface area contributed by atoms with Crippen molar-refractivity contribution in [3.05, 3.63) is 401 Å². The smallest absolute Gasteiger partial charge is 0.335 e. The van der Waals surface area contributed by atoms with Crippen molar-refractivity contribution in [1.29, 1.82) is 0 Å². The fraction of sp³-hybridized carbons (Fsp3) is 0.121. The van der Waals surface area contributed by atoms with E-state index in [1.807, 2.05) is 145 Å². The first-order chi connectivity index (χ1) is 55.9. The number of carboxylic acid groups (broad SMARTS) is 3. The van der Waals surface area contributed by atoms with E-state index in [1.54, 1.807) is 180 Å². The molecule has 1 atom stereocenters. The number of hydrogen-bond donors (Lipinski definition) is 10. The molecular weight excluding hydrogens is 1600 g/mol. The fourth-order valence-electron chi connectivity index (χ4n) is 9.98. The Morgan fingerprint density at radius 3 is 0.880 bits per heavy atom. The van der Waals surface area contributed by atoms with Crippen LogP contribution in [0.4, 0.5) is 0 Å². The second-order valence-electron chi connectivity index (χ2n) is 24.6. The van der Waals surface area contributed by atoms with Crippen LogP contribution in [0.1, 0.15) is 103 Å². The highest BCUT2D eigenvalue weighted by Gasteiger charge is 2.17. The zero-order chi connectivity index (χ0) is 83.9. The van der Waals surface area contributed by atoms with E-state index in [2.05, 4.69) is 43.5 Å². The summed E-state index contributed by atoms with van der Waals surface area (Å²) in [5.41, 5.74) is 12.6. The zero-order valence-corrected chi connectivity index (χ0v) is 67.7. The molecule has 608 valence electrons. The normalized spacial score (nSPS) is 10.5. The Labute approximate surface area is 699 Å². The van der Waals surface area contributed by atoms with Gasteiger partial charge >= 0.3 is 17.9 Å². The highest BCUT2D eigenvalue weighted by molar-refractivity contribution is 7.99. The van der Waals surface area contributed by atoms with Gasteiger partial charge in [0.1, 0.15) is 0 Å². The average Bonchev–Trinajstić information content (AvgIpc) is 0.849. The number of hydrogen-bond acceptors (Lipinski definition) is 17. The lowest BCUT2D eigenvalue weighted by molar-refractivity contribution is 0.0686. The maximum atomic E-state index is 12.1. The Balaban J connectivity index is 0.000000247. The van der Waals surface area contributed by atoms with Crippen molar-refractivity contribution in [2.75, 3.05) is 28.8 Å². The first kappa shape index (κ1) is 95.8. The molecule has 0 saturated carbocycles. The monoisotopic (exact) mass is 1690 g/mol. The number of carboxylic acids is 3. The number of rotatable bonds is 27. The summed E-state index contributed by atoms with van der Waals surface area (Å²) in [5.74, 6) is -1.85. The molecule has 0 aliphatic rings. The van der Waals surface area contributed by atoms with E-state index < -0.39 is 66.1 Å². The summed E-state index contributed by atoms with van der Waals surface area (Å²) in [6.45, 7) is 3.56. The molecule has 0 aliphatic carbocycles. The minimum absolute atomic E-state index is 0. The van der Waals surface area contributed by atoms with Gasteiger partial charge in [-0.2, -0.15) is 0 Å². The summed E-state index contributed by atoms with van der Waals surface area (Å²) in [6, 6.07) is 96.7. The van der Waals surface area contributed by atoms with Crippen LogP contribution in [0.3, 0.4) is 0 Å². The van der Waals surface area contributed by atoms with Crippen LogP contribution in [0.2, 0.25) is 0 Å². The molecule has 20 nitrogen and oxygen atoms in total. The molecule has 3 amide bonds. The van der Waals surface area contributed by atoms with Crippen LogP contribution in [-0.4, -0.2) is 116 Å². The summed E-state index contributed by atoms with van der Waals surface area (Å²) in [5, 5.41) is 51.7. The van der Waals surface area contributed by atoms with Crippen molar-refractivity contribution in [3.63, 3.8) is 0 Å². The number of aromatic carboxylic acids is 3. The summed E-state index contributed by atoms with van der Waals surface area (Å²) in [4.78, 5) is 70.3. The summed E-state index contributed by atoms with van der Waals surface area (Å²) in [6.07, 6.45) is 4.95. The SMILES string of the molecule is C.C=Cc1ccc(C(=O)O)cc1.O=C(NO)c1ccc(CCS(=O)(=O)c2ccccc2)cc1.O=C(NO)c1ccc(CCS(=O)c2ccccc2)cc1.O=C(NO)c1ccc(CCSc2ccccc2)cc1.O=C(O)c1ccc(CCS(=O)(=O)c2ccccc2)cc1.O=C(O)c1ccc(CCSc2ccccc2)cc1.Sc1ccccc1. The molecular formula is C91H91N3O17S6. The van der Waals surface area contributed by atoms with E-state index >= 15 is 0 Å². The van der Waals surface area contributed by atoms with Gasteiger partial charge in [0, 0.05) is 53.5 Å². The standard InChI is InChI=1S/C15H15NO4S.C15H15NO3S.C15H15NO2S.C15H14O4S.C15H14O2S.C9H8O2.C6H6S.CH4/c17-15(16-18)13-8-6-12(7-9-13)10-11-21(19,20)14-4-2-1-3-5-14;17-15(16-18)13-8-6-12(7-9-13)10-11-20(19)14-4-2-1-3-5-14;17-15(16-18)13-8-6-12(7-9-13)10-11-19-14-4-2-1-3-5-14;16-15(17)13-8-6-12(7-9-13)10-11-20(18,19)14-4-2-1-3-5-14;16-15(17)13-8-6-12(7-9-13)10-11-18-14-4-2-1-3-5-14;1-2-7-3-5-8(6-4-7)9(10)11;7-6-4-2-1-3-5-6;/h1-9,18H,10-11H2,(H,16,17);1-9,18H,10-11H2,(H,16,17);1-9,18H,10-11H2,(H,16,17);1-9H,10-11H2,(H,16,17);1-9H,10-11H2,(H,16,17);2-6H,1H2,(H,10,11);1-5,7H;1H4. The Morgan fingerprint density at radius 1 is 0.350 bits per heavy atom. The minimum atomic E-state index is -3.31. The highest BCUT2D eigenvalue weighted by Crippen LogP contribution is 2.22. The summed E-state index contributed by atoms with van der Waals surface area (Å²) >= 11 is 7.70. The van der Waals surface area contributed by atoms with Gasteiger partial charge in [0.15, 0.2) is 19.7 Å². The maximum absolute atomic E-state index is 12.1. The van der Waals surface area contributed by atoms with Crippen LogP contribution >= 0.6 is 36.2 Å². The van der Waals surface area contributed by atoms with Gasteiger partial charge in [-0.25, -0.2) is 47.7 Å². The molecule has 0 heterocycles. The molecule has 26 heteroatoms. The molecule has 0 aliphatic heterocycles. The lowest BCUT2D eigenvalue weighted by Crippen LogP contribution is -2.18. The summed E-state index contributed by atoms with van der Waals surface area (Å²) in [7, 11) is -7.63. The van der Waals surface area contributed by atoms with Gasteiger partial charge in [0.25, 0.3) is 17.7 Å². The summed E-state index contributed by atoms with van der Waals surface area (Å²) < 4.78 is 60.5. The molecule has 0 spiro atoms. The van der Waals surface area contributed by atoms with Crippen LogP contribution in [0.5, 0.6) is 0 Å². The van der Waals surface area contributed by atoms with E-state index in [9.17, 15) is 49.8 Å². The first-order valence-corrected chi connectivity index (χ1v) is 42.7. The van der Waals surface area contributed by atoms with E-state index in [-0.39, 0.29) is 24.5 Å². The van der Waals surface area contributed by atoms with Gasteiger partial charge in [0.2, 0.25) is 0 Å². The van der Waals surface area contributed by atoms with Crippen LogP contribution < -0.4 is 16.4 Å². The molecule has 0 radical (unpaired) electrons. The van der Waals surface area contributed by atoms with E-state index in [0.717, 1.165) is 56.4 Å². The van der Waals surface area contributed by atoms with E-state index in [1.165, 1.54) is 45.2 Å². The van der Waals surface area contributed by atoms with Crippen molar-refractivity contribution in [2.24, 2.45) is 0 Å². The van der Waals surface area contributed by atoms with Gasteiger partial charge in [-0.1, -0.05) is 202 Å². The Bertz CT molecular complexity index is 5250. The van der Waals surface area contributed by atoms with Crippen molar-refractivity contribution in [2.45, 2.75) is 68.9 Å². The number of aryl methyl sites for hydroxylation is 5. The Morgan fingerprint density at radius 2 is 0.607 bits per heavy atom. The highest BCUT2D eigenvalue weighted by atomic mass is 32.2. The number of benzene rings is 12. The maximum Gasteiger partial charge on any atom is 0.335 e.